The van der Waals surface area contributed by atoms with Gasteiger partial charge in [-0.1, -0.05) is 0 Å². The third-order valence-electron chi connectivity index (χ3n) is 2.87. The van der Waals surface area contributed by atoms with Gasteiger partial charge in [0.1, 0.15) is 0 Å². The van der Waals surface area contributed by atoms with E-state index in [1.165, 1.54) is 0 Å². The van der Waals surface area contributed by atoms with Crippen LogP contribution in [0.25, 0.3) is 0 Å². The molecule has 0 amide bonds. The first kappa shape index (κ1) is 9.92. The van der Waals surface area contributed by atoms with Gasteiger partial charge in [0.2, 0.25) is 0 Å². The van der Waals surface area contributed by atoms with E-state index in [9.17, 15) is 0 Å². The fraction of sp³-hybridized carbons (Fsp3) is 1.00. The van der Waals surface area contributed by atoms with Crippen LogP contribution in [0.5, 0.6) is 0 Å². The minimum Gasteiger partial charge on any atom is -0.394 e. The van der Waals surface area contributed by atoms with Gasteiger partial charge in [-0.2, -0.15) is 0 Å². The molecule has 0 aromatic heterocycles. The lowest BCUT2D eigenvalue weighted by molar-refractivity contribution is 0.0900. The Morgan fingerprint density at radius 2 is 1.08 bits per heavy atom. The first-order valence-corrected chi connectivity index (χ1v) is 4.33. The Bertz CT molecular complexity index is 135. The molecule has 0 aliphatic heterocycles. The fourth-order valence-electron chi connectivity index (χ4n) is 1.56. The third-order valence-corrected chi connectivity index (χ3v) is 2.87. The molecule has 0 atom stereocenters. The van der Waals surface area contributed by atoms with Gasteiger partial charge in [0.05, 0.1) is 13.2 Å². The van der Waals surface area contributed by atoms with E-state index in [4.69, 9.17) is 21.7 Å². The maximum atomic E-state index is 8.96. The van der Waals surface area contributed by atoms with E-state index >= 15 is 0 Å². The number of hydrogen-bond donors (Lipinski definition) is 4. The lowest BCUT2D eigenvalue weighted by atomic mass is 9.74. The lowest BCUT2D eigenvalue weighted by Gasteiger charge is -2.40. The van der Waals surface area contributed by atoms with Crippen LogP contribution in [0.15, 0.2) is 0 Å². The summed E-state index contributed by atoms with van der Waals surface area (Å²) in [5.74, 6) is 0. The molecule has 1 fully saturated rings. The van der Waals surface area contributed by atoms with E-state index in [2.05, 4.69) is 0 Å². The number of hydrogen-bond acceptors (Lipinski definition) is 4. The van der Waals surface area contributed by atoms with Crippen molar-refractivity contribution < 1.29 is 10.2 Å². The van der Waals surface area contributed by atoms with Gasteiger partial charge in [-0.05, 0) is 25.7 Å². The summed E-state index contributed by atoms with van der Waals surface area (Å²) in [5, 5.41) is 17.9. The Balaban J connectivity index is 2.49. The summed E-state index contributed by atoms with van der Waals surface area (Å²) in [4.78, 5) is 0. The average Bonchev–Trinajstić information content (AvgIpc) is 2.11. The molecule has 0 aromatic rings. The van der Waals surface area contributed by atoms with Crippen molar-refractivity contribution in [3.8, 4) is 0 Å². The standard InChI is InChI=1S/C8H18N2O2/c9-7(5-11)1-2-8(10,6-12)4-3-7/h11-12H,1-6,9-10H2. The quantitative estimate of drug-likeness (QED) is 0.429. The summed E-state index contributed by atoms with van der Waals surface area (Å²) in [6.07, 6.45) is 2.78. The normalized spacial score (nSPS) is 43.0. The zero-order valence-corrected chi connectivity index (χ0v) is 7.29. The highest BCUT2D eigenvalue weighted by atomic mass is 16.3. The smallest absolute Gasteiger partial charge is 0.0611 e. The highest BCUT2D eigenvalue weighted by molar-refractivity contribution is 4.98. The highest BCUT2D eigenvalue weighted by Crippen LogP contribution is 2.31. The predicted molar refractivity (Wildman–Crippen MR) is 46.5 cm³/mol. The Hall–Kier alpha value is -0.160. The minimum atomic E-state index is -0.460. The van der Waals surface area contributed by atoms with E-state index in [1.807, 2.05) is 0 Å². The van der Waals surface area contributed by atoms with E-state index in [-0.39, 0.29) is 13.2 Å². The highest BCUT2D eigenvalue weighted by Gasteiger charge is 2.37. The Labute approximate surface area is 72.6 Å². The van der Waals surface area contributed by atoms with Crippen LogP contribution in [-0.4, -0.2) is 34.5 Å². The second kappa shape index (κ2) is 3.30. The maximum Gasteiger partial charge on any atom is 0.0611 e. The predicted octanol–water partition coefficient (Wildman–Crippen LogP) is -1.06. The molecule has 4 nitrogen and oxygen atoms in total. The minimum absolute atomic E-state index is 0.00844. The van der Waals surface area contributed by atoms with Crippen molar-refractivity contribution in [1.82, 2.24) is 0 Å². The van der Waals surface area contributed by atoms with Crippen molar-refractivity contribution in [2.24, 2.45) is 11.5 Å². The maximum absolute atomic E-state index is 8.96. The van der Waals surface area contributed by atoms with Gasteiger partial charge in [-0.15, -0.1) is 0 Å². The van der Waals surface area contributed by atoms with Crippen LogP contribution < -0.4 is 11.5 Å². The third kappa shape index (κ3) is 1.95. The molecule has 0 bridgehead atoms. The van der Waals surface area contributed by atoms with Gasteiger partial charge in [0.15, 0.2) is 0 Å². The molecule has 1 saturated carbocycles. The molecule has 6 N–H and O–H groups in total. The topological polar surface area (TPSA) is 92.5 Å². The molecule has 4 heteroatoms. The molecular weight excluding hydrogens is 156 g/mol. The Morgan fingerprint density at radius 1 is 0.833 bits per heavy atom. The Kier molecular flexibility index (Phi) is 2.73. The average molecular weight is 174 g/mol. The number of rotatable bonds is 2. The van der Waals surface area contributed by atoms with E-state index in [1.54, 1.807) is 0 Å². The van der Waals surface area contributed by atoms with Crippen molar-refractivity contribution in [1.29, 1.82) is 0 Å². The summed E-state index contributed by atoms with van der Waals surface area (Å²) in [6, 6.07) is 0. The van der Waals surface area contributed by atoms with Crippen LogP contribution in [0.3, 0.4) is 0 Å². The van der Waals surface area contributed by atoms with Gasteiger partial charge >= 0.3 is 0 Å². The summed E-state index contributed by atoms with van der Waals surface area (Å²) >= 11 is 0. The molecule has 0 heterocycles. The van der Waals surface area contributed by atoms with Crippen molar-refractivity contribution in [3.05, 3.63) is 0 Å². The molecule has 12 heavy (non-hydrogen) atoms. The second-order valence-electron chi connectivity index (χ2n) is 4.04. The summed E-state index contributed by atoms with van der Waals surface area (Å²) in [6.45, 7) is 0.0169. The number of aliphatic hydroxyl groups is 2. The van der Waals surface area contributed by atoms with Crippen LogP contribution in [0.4, 0.5) is 0 Å². The fourth-order valence-corrected chi connectivity index (χ4v) is 1.56. The largest absolute Gasteiger partial charge is 0.394 e. The molecule has 0 unspecified atom stereocenters. The molecule has 1 aliphatic rings. The van der Waals surface area contributed by atoms with Crippen molar-refractivity contribution >= 4 is 0 Å². The van der Waals surface area contributed by atoms with Gasteiger partial charge in [-0.25, -0.2) is 0 Å². The van der Waals surface area contributed by atoms with Crippen LogP contribution in [0.1, 0.15) is 25.7 Å². The summed E-state index contributed by atoms with van der Waals surface area (Å²) < 4.78 is 0. The molecule has 0 spiro atoms. The van der Waals surface area contributed by atoms with Crippen LogP contribution in [0, 0.1) is 0 Å². The molecule has 72 valence electrons. The molecule has 0 aromatic carbocycles. The van der Waals surface area contributed by atoms with E-state index < -0.39 is 11.1 Å². The monoisotopic (exact) mass is 174 g/mol. The van der Waals surface area contributed by atoms with Gasteiger partial charge in [0.25, 0.3) is 0 Å². The van der Waals surface area contributed by atoms with Crippen molar-refractivity contribution in [2.45, 2.75) is 36.8 Å². The molecular formula is C8H18N2O2. The zero-order valence-electron chi connectivity index (χ0n) is 7.29. The molecule has 1 aliphatic carbocycles. The van der Waals surface area contributed by atoms with Gasteiger partial charge in [-0.3, -0.25) is 0 Å². The van der Waals surface area contributed by atoms with Gasteiger partial charge < -0.3 is 21.7 Å². The number of aliphatic hydroxyl groups excluding tert-OH is 2. The Morgan fingerprint density at radius 3 is 1.25 bits per heavy atom. The van der Waals surface area contributed by atoms with Crippen LogP contribution in [0.2, 0.25) is 0 Å². The first-order chi connectivity index (χ1) is 5.54. The van der Waals surface area contributed by atoms with Gasteiger partial charge in [0, 0.05) is 11.1 Å². The van der Waals surface area contributed by atoms with Crippen LogP contribution >= 0.6 is 0 Å². The van der Waals surface area contributed by atoms with Crippen LogP contribution in [-0.2, 0) is 0 Å². The van der Waals surface area contributed by atoms with E-state index in [0.29, 0.717) is 25.7 Å². The van der Waals surface area contributed by atoms with Crippen molar-refractivity contribution in [2.75, 3.05) is 13.2 Å². The zero-order chi connectivity index (χ0) is 9.24. The summed E-state index contributed by atoms with van der Waals surface area (Å²) in [5.41, 5.74) is 10.8. The molecule has 0 radical (unpaired) electrons. The number of nitrogens with two attached hydrogens (primary N) is 2. The molecule has 1 rings (SSSR count). The second-order valence-corrected chi connectivity index (χ2v) is 4.04. The first-order valence-electron chi connectivity index (χ1n) is 4.33. The summed E-state index contributed by atoms with van der Waals surface area (Å²) in [7, 11) is 0. The SMILES string of the molecule is NC1(CO)CCC(N)(CO)CC1. The molecule has 0 saturated heterocycles. The van der Waals surface area contributed by atoms with E-state index in [0.717, 1.165) is 0 Å². The van der Waals surface area contributed by atoms with Crippen molar-refractivity contribution in [3.63, 3.8) is 0 Å². The lowest BCUT2D eigenvalue weighted by Crippen LogP contribution is -2.55.